The van der Waals surface area contributed by atoms with E-state index in [1.54, 1.807) is 6.07 Å². The number of esters is 1. The average Bonchev–Trinajstić information content (AvgIpc) is 2.75. The molecule has 0 spiro atoms. The lowest BCUT2D eigenvalue weighted by molar-refractivity contribution is 0.0601. The molecule has 20 heavy (non-hydrogen) atoms. The molecular weight excluding hydrogens is 276 g/mol. The first-order valence-corrected chi connectivity index (χ1v) is 7.04. The van der Waals surface area contributed by atoms with Crippen LogP contribution in [0.4, 0.5) is 5.69 Å². The van der Waals surface area contributed by atoms with Gasteiger partial charge in [0.15, 0.2) is 0 Å². The highest BCUT2D eigenvalue weighted by molar-refractivity contribution is 7.98. The van der Waals surface area contributed by atoms with Crippen molar-refractivity contribution in [2.45, 2.75) is 24.8 Å². The zero-order valence-corrected chi connectivity index (χ0v) is 12.4. The molecule has 0 amide bonds. The summed E-state index contributed by atoms with van der Waals surface area (Å²) in [6.07, 6.45) is 0. The Morgan fingerprint density at radius 3 is 2.80 bits per heavy atom. The number of methoxy groups -OCH3 is 1. The van der Waals surface area contributed by atoms with Crippen molar-refractivity contribution in [2.24, 2.45) is 0 Å². The van der Waals surface area contributed by atoms with Gasteiger partial charge in [-0.3, -0.25) is 0 Å². The number of thioether (sulfide) groups is 1. The lowest BCUT2D eigenvalue weighted by Gasteiger charge is -2.09. The Morgan fingerprint density at radius 2 is 2.20 bits per heavy atom. The molecule has 2 aromatic rings. The SMILES string of the molecule is COC(=O)c1c(N)cccc1CSc1nc(C)c(C)o1. The van der Waals surface area contributed by atoms with Gasteiger partial charge in [0.1, 0.15) is 5.76 Å². The van der Waals surface area contributed by atoms with E-state index >= 15 is 0 Å². The van der Waals surface area contributed by atoms with Gasteiger partial charge >= 0.3 is 5.97 Å². The second-order valence-corrected chi connectivity index (χ2v) is 5.21. The van der Waals surface area contributed by atoms with Crippen molar-refractivity contribution in [3.63, 3.8) is 0 Å². The fraction of sp³-hybridized carbons (Fsp3) is 0.286. The second kappa shape index (κ2) is 6.00. The van der Waals surface area contributed by atoms with Crippen molar-refractivity contribution >= 4 is 23.4 Å². The fourth-order valence-electron chi connectivity index (χ4n) is 1.74. The van der Waals surface area contributed by atoms with Gasteiger partial charge in [0.05, 0.1) is 18.4 Å². The number of hydrogen-bond acceptors (Lipinski definition) is 6. The first-order chi connectivity index (χ1) is 9.52. The summed E-state index contributed by atoms with van der Waals surface area (Å²) in [5.74, 6) is 0.904. The van der Waals surface area contributed by atoms with Crippen LogP contribution in [0.5, 0.6) is 0 Å². The molecule has 1 aromatic heterocycles. The molecule has 0 atom stereocenters. The van der Waals surface area contributed by atoms with Crippen LogP contribution >= 0.6 is 11.8 Å². The summed E-state index contributed by atoms with van der Waals surface area (Å²) >= 11 is 1.42. The molecule has 0 aliphatic heterocycles. The molecule has 6 heteroatoms. The minimum atomic E-state index is -0.432. The maximum atomic E-state index is 11.8. The summed E-state index contributed by atoms with van der Waals surface area (Å²) in [5, 5.41) is 0.582. The predicted octanol–water partition coefficient (Wildman–Crippen LogP) is 2.95. The Bertz CT molecular complexity index is 618. The highest BCUT2D eigenvalue weighted by atomic mass is 32.2. The van der Waals surface area contributed by atoms with Crippen molar-refractivity contribution in [1.82, 2.24) is 4.98 Å². The predicted molar refractivity (Wildman–Crippen MR) is 77.7 cm³/mol. The zero-order valence-electron chi connectivity index (χ0n) is 11.6. The Hall–Kier alpha value is -1.95. The number of rotatable bonds is 4. The number of benzene rings is 1. The Morgan fingerprint density at radius 1 is 1.45 bits per heavy atom. The number of anilines is 1. The van der Waals surface area contributed by atoms with Crippen LogP contribution in [-0.2, 0) is 10.5 Å². The Kier molecular flexibility index (Phi) is 4.34. The summed E-state index contributed by atoms with van der Waals surface area (Å²) < 4.78 is 10.3. The van der Waals surface area contributed by atoms with Gasteiger partial charge in [0.2, 0.25) is 0 Å². The number of nitrogens with zero attached hydrogens (tertiary/aromatic N) is 1. The monoisotopic (exact) mass is 292 g/mol. The minimum Gasteiger partial charge on any atom is -0.465 e. The van der Waals surface area contributed by atoms with Gasteiger partial charge in [-0.05, 0) is 25.5 Å². The quantitative estimate of drug-likeness (QED) is 0.530. The third-order valence-corrected chi connectivity index (χ3v) is 3.81. The number of carbonyl (C=O) groups is 1. The van der Waals surface area contributed by atoms with E-state index in [-0.39, 0.29) is 0 Å². The van der Waals surface area contributed by atoms with Gasteiger partial charge in [-0.2, -0.15) is 0 Å². The topological polar surface area (TPSA) is 78.4 Å². The van der Waals surface area contributed by atoms with Crippen LogP contribution in [0.2, 0.25) is 0 Å². The van der Waals surface area contributed by atoms with Crippen LogP contribution in [0.1, 0.15) is 27.4 Å². The molecule has 0 aliphatic rings. The molecule has 0 saturated heterocycles. The molecule has 1 heterocycles. The third kappa shape index (κ3) is 2.96. The van der Waals surface area contributed by atoms with Crippen molar-refractivity contribution in [1.29, 1.82) is 0 Å². The number of nitrogen functional groups attached to an aromatic ring is 1. The highest BCUT2D eigenvalue weighted by Crippen LogP contribution is 2.27. The molecule has 0 saturated carbocycles. The van der Waals surface area contributed by atoms with E-state index in [0.717, 1.165) is 17.0 Å². The van der Waals surface area contributed by atoms with Gasteiger partial charge in [0.25, 0.3) is 5.22 Å². The maximum absolute atomic E-state index is 11.8. The number of aryl methyl sites for hydroxylation is 2. The Labute approximate surface area is 121 Å². The standard InChI is InChI=1S/C14H16N2O3S/c1-8-9(2)19-14(16-8)20-7-10-5-4-6-11(15)12(10)13(17)18-3/h4-6H,7,15H2,1-3H3. The van der Waals surface area contributed by atoms with Crippen LogP contribution in [0.3, 0.4) is 0 Å². The molecule has 1 aromatic carbocycles. The summed E-state index contributed by atoms with van der Waals surface area (Å²) in [4.78, 5) is 16.1. The summed E-state index contributed by atoms with van der Waals surface area (Å²) in [5.41, 5.74) is 8.33. The first-order valence-electron chi connectivity index (χ1n) is 6.05. The van der Waals surface area contributed by atoms with E-state index in [1.165, 1.54) is 18.9 Å². The molecule has 2 N–H and O–H groups in total. The molecular formula is C14H16N2O3S. The van der Waals surface area contributed by atoms with Gasteiger partial charge in [-0.15, -0.1) is 0 Å². The normalized spacial score (nSPS) is 10.6. The minimum absolute atomic E-state index is 0.405. The highest BCUT2D eigenvalue weighted by Gasteiger charge is 2.16. The fourth-order valence-corrected chi connectivity index (χ4v) is 2.64. The maximum Gasteiger partial charge on any atom is 0.340 e. The second-order valence-electron chi connectivity index (χ2n) is 4.28. The number of carbonyl (C=O) groups excluding carboxylic acids is 1. The van der Waals surface area contributed by atoms with E-state index in [4.69, 9.17) is 14.9 Å². The number of aromatic nitrogens is 1. The number of ether oxygens (including phenoxy) is 1. The first kappa shape index (κ1) is 14.5. The van der Waals surface area contributed by atoms with Crippen molar-refractivity contribution < 1.29 is 13.9 Å². The van der Waals surface area contributed by atoms with E-state index in [1.807, 2.05) is 26.0 Å². The molecule has 2 rings (SSSR count). The molecule has 0 fully saturated rings. The summed E-state index contributed by atoms with van der Waals surface area (Å²) in [7, 11) is 1.34. The van der Waals surface area contributed by atoms with Gasteiger partial charge < -0.3 is 14.9 Å². The molecule has 0 bridgehead atoms. The summed E-state index contributed by atoms with van der Waals surface area (Å²) in [6, 6.07) is 5.34. The van der Waals surface area contributed by atoms with E-state index < -0.39 is 5.97 Å². The largest absolute Gasteiger partial charge is 0.465 e. The van der Waals surface area contributed by atoms with E-state index in [9.17, 15) is 4.79 Å². The van der Waals surface area contributed by atoms with Gasteiger partial charge in [0, 0.05) is 11.4 Å². The molecule has 0 aliphatic carbocycles. The van der Waals surface area contributed by atoms with Gasteiger partial charge in [-0.25, -0.2) is 9.78 Å². The molecule has 0 radical (unpaired) electrons. The molecule has 106 valence electrons. The van der Waals surface area contributed by atoms with Gasteiger partial charge in [-0.1, -0.05) is 23.9 Å². The smallest absolute Gasteiger partial charge is 0.340 e. The van der Waals surface area contributed by atoms with Crippen LogP contribution < -0.4 is 5.73 Å². The number of nitrogens with two attached hydrogens (primary N) is 1. The lowest BCUT2D eigenvalue weighted by Crippen LogP contribution is -2.09. The van der Waals surface area contributed by atoms with Crippen LogP contribution in [0.25, 0.3) is 0 Å². The molecule has 0 unspecified atom stereocenters. The average molecular weight is 292 g/mol. The Balaban J connectivity index is 2.21. The van der Waals surface area contributed by atoms with Crippen LogP contribution in [0.15, 0.2) is 27.8 Å². The lowest BCUT2D eigenvalue weighted by atomic mass is 10.1. The summed E-state index contributed by atoms with van der Waals surface area (Å²) in [6.45, 7) is 3.76. The molecule has 5 nitrogen and oxygen atoms in total. The van der Waals surface area contributed by atoms with Crippen LogP contribution in [-0.4, -0.2) is 18.1 Å². The van der Waals surface area contributed by atoms with Crippen molar-refractivity contribution in [3.8, 4) is 0 Å². The van der Waals surface area contributed by atoms with E-state index in [0.29, 0.717) is 22.2 Å². The van der Waals surface area contributed by atoms with Crippen LogP contribution in [0, 0.1) is 13.8 Å². The third-order valence-electron chi connectivity index (χ3n) is 2.93. The number of hydrogen-bond donors (Lipinski definition) is 1. The van der Waals surface area contributed by atoms with E-state index in [2.05, 4.69) is 4.98 Å². The zero-order chi connectivity index (χ0) is 14.7. The van der Waals surface area contributed by atoms with Crippen molar-refractivity contribution in [3.05, 3.63) is 40.8 Å². The van der Waals surface area contributed by atoms with Crippen molar-refractivity contribution in [2.75, 3.05) is 12.8 Å². The number of oxazole rings is 1.